The molecule has 1 rings (SSSR count). The highest BCUT2D eigenvalue weighted by atomic mass is 16.5. The molecule has 1 aromatic carbocycles. The summed E-state index contributed by atoms with van der Waals surface area (Å²) in [5.41, 5.74) is 6.55. The summed E-state index contributed by atoms with van der Waals surface area (Å²) in [6.45, 7) is 2.50. The van der Waals surface area contributed by atoms with E-state index >= 15 is 0 Å². The topological polar surface area (TPSA) is 74.0 Å². The van der Waals surface area contributed by atoms with Crippen LogP contribution in [0.25, 0.3) is 0 Å². The monoisotopic (exact) mass is 296 g/mol. The Morgan fingerprint density at radius 2 is 1.67 bits per heavy atom. The number of methoxy groups -OCH3 is 2. The van der Waals surface area contributed by atoms with Crippen LogP contribution in [-0.4, -0.2) is 57.9 Å². The Bertz CT molecular complexity index is 401. The van der Waals surface area contributed by atoms with Crippen molar-refractivity contribution < 1.29 is 19.0 Å². The summed E-state index contributed by atoms with van der Waals surface area (Å²) in [4.78, 5) is 13.8. The van der Waals surface area contributed by atoms with Gasteiger partial charge in [0, 0.05) is 33.9 Å². The molecule has 0 saturated carbocycles. The average Bonchev–Trinajstić information content (AvgIpc) is 2.53. The van der Waals surface area contributed by atoms with Gasteiger partial charge in [0.2, 0.25) is 0 Å². The molecule has 0 fully saturated rings. The Morgan fingerprint density at radius 1 is 1.10 bits per heavy atom. The van der Waals surface area contributed by atoms with Gasteiger partial charge in [0.25, 0.3) is 5.91 Å². The zero-order chi connectivity index (χ0) is 15.5. The maximum atomic E-state index is 12.1. The summed E-state index contributed by atoms with van der Waals surface area (Å²) >= 11 is 0. The zero-order valence-corrected chi connectivity index (χ0v) is 12.7. The minimum atomic E-state index is -0.0907. The highest BCUT2D eigenvalue weighted by Gasteiger charge is 2.13. The summed E-state index contributed by atoms with van der Waals surface area (Å²) in [6.07, 6.45) is 0. The first-order valence-electron chi connectivity index (χ1n) is 6.88. The summed E-state index contributed by atoms with van der Waals surface area (Å²) < 4.78 is 15.5. The van der Waals surface area contributed by atoms with Crippen LogP contribution in [0.3, 0.4) is 0 Å². The standard InChI is InChI=1S/C15H24N2O4/c1-19-9-7-17(8-10-20-2)15(18)12-21-14-5-3-13(11-16)4-6-14/h3-6H,7-12,16H2,1-2H3. The largest absolute Gasteiger partial charge is 0.484 e. The Hall–Kier alpha value is -1.63. The predicted octanol–water partition coefficient (Wildman–Crippen LogP) is 0.646. The molecule has 0 atom stereocenters. The third-order valence-electron chi connectivity index (χ3n) is 3.00. The molecule has 0 saturated heterocycles. The van der Waals surface area contributed by atoms with E-state index in [1.807, 2.05) is 24.3 Å². The van der Waals surface area contributed by atoms with Gasteiger partial charge in [-0.05, 0) is 17.7 Å². The maximum absolute atomic E-state index is 12.1. The fourth-order valence-electron chi connectivity index (χ4n) is 1.72. The summed E-state index contributed by atoms with van der Waals surface area (Å²) in [5.74, 6) is 0.561. The molecular weight excluding hydrogens is 272 g/mol. The molecule has 2 N–H and O–H groups in total. The lowest BCUT2D eigenvalue weighted by molar-refractivity contribution is -0.134. The van der Waals surface area contributed by atoms with Crippen LogP contribution >= 0.6 is 0 Å². The zero-order valence-electron chi connectivity index (χ0n) is 12.7. The predicted molar refractivity (Wildman–Crippen MR) is 80.2 cm³/mol. The van der Waals surface area contributed by atoms with E-state index < -0.39 is 0 Å². The molecule has 0 aliphatic rings. The highest BCUT2D eigenvalue weighted by molar-refractivity contribution is 5.77. The van der Waals surface area contributed by atoms with Crippen molar-refractivity contribution in [2.45, 2.75) is 6.54 Å². The van der Waals surface area contributed by atoms with Crippen molar-refractivity contribution in [3.05, 3.63) is 29.8 Å². The Labute approximate surface area is 125 Å². The number of rotatable bonds is 10. The third-order valence-corrected chi connectivity index (χ3v) is 3.00. The fourth-order valence-corrected chi connectivity index (χ4v) is 1.72. The van der Waals surface area contributed by atoms with Crippen LogP contribution in [0.5, 0.6) is 5.75 Å². The number of nitrogens with two attached hydrogens (primary N) is 1. The van der Waals surface area contributed by atoms with E-state index in [0.29, 0.717) is 38.6 Å². The Kier molecular flexibility index (Phi) is 8.42. The van der Waals surface area contributed by atoms with Crippen LogP contribution < -0.4 is 10.5 Å². The number of amides is 1. The van der Waals surface area contributed by atoms with Gasteiger partial charge in [-0.25, -0.2) is 0 Å². The first-order valence-corrected chi connectivity index (χ1v) is 6.88. The van der Waals surface area contributed by atoms with E-state index in [0.717, 1.165) is 5.56 Å². The molecule has 1 aromatic rings. The highest BCUT2D eigenvalue weighted by Crippen LogP contribution is 2.11. The van der Waals surface area contributed by atoms with Gasteiger partial charge in [0.15, 0.2) is 6.61 Å². The Morgan fingerprint density at radius 3 is 2.14 bits per heavy atom. The van der Waals surface area contributed by atoms with Crippen LogP contribution in [0.2, 0.25) is 0 Å². The Balaban J connectivity index is 2.46. The number of hydrogen-bond acceptors (Lipinski definition) is 5. The molecule has 0 aliphatic carbocycles. The van der Waals surface area contributed by atoms with E-state index in [1.165, 1.54) is 0 Å². The fraction of sp³-hybridized carbons (Fsp3) is 0.533. The van der Waals surface area contributed by atoms with E-state index in [9.17, 15) is 4.79 Å². The van der Waals surface area contributed by atoms with Crippen LogP contribution in [0.1, 0.15) is 5.56 Å². The van der Waals surface area contributed by atoms with Crippen LogP contribution in [0.15, 0.2) is 24.3 Å². The minimum absolute atomic E-state index is 0.00456. The summed E-state index contributed by atoms with van der Waals surface area (Å²) in [5, 5.41) is 0. The average molecular weight is 296 g/mol. The number of carbonyl (C=O) groups excluding carboxylic acids is 1. The number of ether oxygens (including phenoxy) is 3. The molecule has 0 bridgehead atoms. The van der Waals surface area contributed by atoms with Crippen molar-refractivity contribution in [2.75, 3.05) is 47.1 Å². The van der Waals surface area contributed by atoms with E-state index in [-0.39, 0.29) is 12.5 Å². The first-order chi connectivity index (χ1) is 10.2. The molecule has 0 spiro atoms. The molecule has 0 unspecified atom stereocenters. The van der Waals surface area contributed by atoms with Gasteiger partial charge < -0.3 is 24.8 Å². The van der Waals surface area contributed by atoms with Gasteiger partial charge >= 0.3 is 0 Å². The molecule has 0 radical (unpaired) electrons. The van der Waals surface area contributed by atoms with Gasteiger partial charge in [-0.2, -0.15) is 0 Å². The van der Waals surface area contributed by atoms with Gasteiger partial charge in [0.05, 0.1) is 13.2 Å². The summed E-state index contributed by atoms with van der Waals surface area (Å²) in [7, 11) is 3.21. The lowest BCUT2D eigenvalue weighted by atomic mass is 10.2. The second kappa shape index (κ2) is 10.1. The lowest BCUT2D eigenvalue weighted by Crippen LogP contribution is -2.39. The summed E-state index contributed by atoms with van der Waals surface area (Å²) in [6, 6.07) is 7.38. The molecular formula is C15H24N2O4. The van der Waals surface area contributed by atoms with Crippen LogP contribution in [0.4, 0.5) is 0 Å². The van der Waals surface area contributed by atoms with Crippen molar-refractivity contribution in [3.8, 4) is 5.75 Å². The van der Waals surface area contributed by atoms with Gasteiger partial charge in [0.1, 0.15) is 5.75 Å². The number of hydrogen-bond donors (Lipinski definition) is 1. The van der Waals surface area contributed by atoms with Crippen molar-refractivity contribution >= 4 is 5.91 Å². The van der Waals surface area contributed by atoms with E-state index in [4.69, 9.17) is 19.9 Å². The van der Waals surface area contributed by atoms with Gasteiger partial charge in [-0.3, -0.25) is 4.79 Å². The number of nitrogens with zero attached hydrogens (tertiary/aromatic N) is 1. The molecule has 0 aromatic heterocycles. The van der Waals surface area contributed by atoms with E-state index in [1.54, 1.807) is 19.1 Å². The van der Waals surface area contributed by atoms with Crippen molar-refractivity contribution in [2.24, 2.45) is 5.73 Å². The lowest BCUT2D eigenvalue weighted by Gasteiger charge is -2.22. The quantitative estimate of drug-likeness (QED) is 0.686. The van der Waals surface area contributed by atoms with Gasteiger partial charge in [-0.15, -0.1) is 0 Å². The van der Waals surface area contributed by atoms with Gasteiger partial charge in [-0.1, -0.05) is 12.1 Å². The number of benzene rings is 1. The maximum Gasteiger partial charge on any atom is 0.260 e. The molecule has 6 nitrogen and oxygen atoms in total. The minimum Gasteiger partial charge on any atom is -0.484 e. The van der Waals surface area contributed by atoms with Crippen molar-refractivity contribution in [1.29, 1.82) is 0 Å². The van der Waals surface area contributed by atoms with E-state index in [2.05, 4.69) is 0 Å². The van der Waals surface area contributed by atoms with Crippen molar-refractivity contribution in [1.82, 2.24) is 4.90 Å². The number of carbonyl (C=O) groups is 1. The van der Waals surface area contributed by atoms with Crippen molar-refractivity contribution in [3.63, 3.8) is 0 Å². The molecule has 21 heavy (non-hydrogen) atoms. The van der Waals surface area contributed by atoms with Crippen LogP contribution in [-0.2, 0) is 20.8 Å². The second-order valence-corrected chi connectivity index (χ2v) is 4.50. The third kappa shape index (κ3) is 6.57. The molecule has 6 heteroatoms. The molecule has 0 aliphatic heterocycles. The first kappa shape index (κ1) is 17.4. The molecule has 1 amide bonds. The molecule has 118 valence electrons. The normalized spacial score (nSPS) is 10.4. The van der Waals surface area contributed by atoms with Crippen LogP contribution in [0, 0.1) is 0 Å². The second-order valence-electron chi connectivity index (χ2n) is 4.50. The SMILES string of the molecule is COCCN(CCOC)C(=O)COc1ccc(CN)cc1. The smallest absolute Gasteiger partial charge is 0.260 e. The molecule has 0 heterocycles.